The first-order chi connectivity index (χ1) is 14.2. The predicted octanol–water partition coefficient (Wildman–Crippen LogP) is 6.19. The summed E-state index contributed by atoms with van der Waals surface area (Å²) in [7, 11) is -1.59. The van der Waals surface area contributed by atoms with E-state index in [2.05, 4.69) is 104 Å². The first-order valence-corrected chi connectivity index (χ1v) is 12.7. The third-order valence-corrected chi connectivity index (χ3v) is 9.52. The third kappa shape index (κ3) is 4.54. The van der Waals surface area contributed by atoms with Crippen LogP contribution in [0, 0.1) is 5.41 Å². The van der Waals surface area contributed by atoms with Gasteiger partial charge in [-0.25, -0.2) is 0 Å². The molecule has 1 nitrogen and oxygen atoms in total. The fourth-order valence-electron chi connectivity index (χ4n) is 5.14. The average Bonchev–Trinajstić information content (AvgIpc) is 2.77. The summed E-state index contributed by atoms with van der Waals surface area (Å²) in [5, 5.41) is -0.215. The van der Waals surface area contributed by atoms with Gasteiger partial charge in [0.1, 0.15) is 8.80 Å². The smallest absolute Gasteiger partial charge is 0.122 e. The molecule has 1 heterocycles. The summed E-state index contributed by atoms with van der Waals surface area (Å²) in [6.07, 6.45) is 9.99. The maximum absolute atomic E-state index is 6.84. The third-order valence-electron chi connectivity index (χ3n) is 6.40. The van der Waals surface area contributed by atoms with Crippen LogP contribution in [0.15, 0.2) is 97.4 Å². The summed E-state index contributed by atoms with van der Waals surface area (Å²) in [6, 6.07) is 21.7. The van der Waals surface area contributed by atoms with Gasteiger partial charge in [0.2, 0.25) is 0 Å². The lowest BCUT2D eigenvalue weighted by Crippen LogP contribution is -2.62. The monoisotopic (exact) mass is 402 g/mol. The van der Waals surface area contributed by atoms with Gasteiger partial charge in [-0.05, 0) is 50.2 Å². The van der Waals surface area contributed by atoms with Gasteiger partial charge in [0, 0.05) is 12.0 Å². The van der Waals surface area contributed by atoms with Crippen molar-refractivity contribution in [3.8, 4) is 0 Å². The minimum Gasteiger partial charge on any atom is -0.377 e. The maximum atomic E-state index is 6.84. The molecule has 3 rings (SSSR count). The Morgan fingerprint density at radius 3 is 1.90 bits per heavy atom. The van der Waals surface area contributed by atoms with E-state index < -0.39 is 8.80 Å². The molecule has 0 aromatic heterocycles. The summed E-state index contributed by atoms with van der Waals surface area (Å²) < 4.78 is 6.84. The van der Waals surface area contributed by atoms with Gasteiger partial charge in [-0.3, -0.25) is 0 Å². The Labute approximate surface area is 178 Å². The Hall–Kier alpha value is -2.16. The molecule has 2 aromatic rings. The molecule has 1 fully saturated rings. The van der Waals surface area contributed by atoms with Crippen LogP contribution in [-0.2, 0) is 17.6 Å². The van der Waals surface area contributed by atoms with Crippen molar-refractivity contribution in [2.45, 2.75) is 44.3 Å². The highest BCUT2D eigenvalue weighted by molar-refractivity contribution is 6.72. The van der Waals surface area contributed by atoms with Crippen molar-refractivity contribution in [1.82, 2.24) is 0 Å². The Balaban J connectivity index is 2.19. The van der Waals surface area contributed by atoms with E-state index >= 15 is 0 Å². The molecule has 1 saturated heterocycles. The summed E-state index contributed by atoms with van der Waals surface area (Å²) in [5.41, 5.74) is 6.93. The van der Waals surface area contributed by atoms with Crippen molar-refractivity contribution in [3.63, 3.8) is 0 Å². The Morgan fingerprint density at radius 2 is 1.48 bits per heavy atom. The molecule has 0 N–H and O–H groups in total. The standard InChI is InChI=1S/C27H34OSi/c1-4-19-26(22-24-15-9-7-10-16-24,23-25-17-11-8-12-18-25)27(29(5-2)6-3)20-13-14-21-28-27/h4-12,15-19,29H,2-3,13-14,20-23H2,1H3. The van der Waals surface area contributed by atoms with Crippen LogP contribution in [0.5, 0.6) is 0 Å². The number of allylic oxidation sites excluding steroid dienone is 1. The molecule has 0 aliphatic carbocycles. The fraction of sp³-hybridized carbons (Fsp3) is 0.333. The average molecular weight is 403 g/mol. The molecule has 29 heavy (non-hydrogen) atoms. The van der Waals surface area contributed by atoms with Gasteiger partial charge in [-0.15, -0.1) is 13.2 Å². The number of hydrogen-bond acceptors (Lipinski definition) is 1. The Morgan fingerprint density at radius 1 is 0.931 bits per heavy atom. The van der Waals surface area contributed by atoms with Crippen LogP contribution in [0.2, 0.25) is 0 Å². The Bertz CT molecular complexity index is 753. The van der Waals surface area contributed by atoms with Crippen molar-refractivity contribution in [2.75, 3.05) is 6.61 Å². The maximum Gasteiger partial charge on any atom is 0.122 e. The van der Waals surface area contributed by atoms with Gasteiger partial charge in [0.05, 0.1) is 5.22 Å². The topological polar surface area (TPSA) is 9.23 Å². The Kier molecular flexibility index (Phi) is 7.46. The van der Waals surface area contributed by atoms with Crippen LogP contribution in [0.25, 0.3) is 0 Å². The van der Waals surface area contributed by atoms with E-state index in [1.165, 1.54) is 17.5 Å². The number of rotatable bonds is 9. The molecular weight excluding hydrogens is 368 g/mol. The lowest BCUT2D eigenvalue weighted by Gasteiger charge is -2.54. The molecule has 0 radical (unpaired) electrons. The zero-order valence-electron chi connectivity index (χ0n) is 17.7. The predicted molar refractivity (Wildman–Crippen MR) is 128 cm³/mol. The molecule has 0 bridgehead atoms. The largest absolute Gasteiger partial charge is 0.377 e. The van der Waals surface area contributed by atoms with Gasteiger partial charge >= 0.3 is 0 Å². The van der Waals surface area contributed by atoms with E-state index in [1.807, 2.05) is 0 Å². The molecule has 2 aromatic carbocycles. The van der Waals surface area contributed by atoms with E-state index in [9.17, 15) is 0 Å². The highest BCUT2D eigenvalue weighted by atomic mass is 28.3. The number of benzene rings is 2. The molecular formula is C27H34OSi. The van der Waals surface area contributed by atoms with Gasteiger partial charge < -0.3 is 4.74 Å². The molecule has 1 atom stereocenters. The second-order valence-corrected chi connectivity index (χ2v) is 11.1. The summed E-state index contributed by atoms with van der Waals surface area (Å²) in [6.45, 7) is 11.4. The van der Waals surface area contributed by atoms with Crippen LogP contribution < -0.4 is 0 Å². The number of ether oxygens (including phenoxy) is 1. The van der Waals surface area contributed by atoms with E-state index in [0.717, 1.165) is 32.3 Å². The molecule has 1 unspecified atom stereocenters. The van der Waals surface area contributed by atoms with Crippen molar-refractivity contribution < 1.29 is 4.74 Å². The first kappa shape index (κ1) is 21.5. The first-order valence-electron chi connectivity index (χ1n) is 10.8. The van der Waals surface area contributed by atoms with E-state index in [-0.39, 0.29) is 10.6 Å². The van der Waals surface area contributed by atoms with Crippen LogP contribution in [-0.4, -0.2) is 20.6 Å². The van der Waals surface area contributed by atoms with E-state index in [4.69, 9.17) is 4.74 Å². The lowest BCUT2D eigenvalue weighted by atomic mass is 9.69. The summed E-state index contributed by atoms with van der Waals surface area (Å²) >= 11 is 0. The second-order valence-electron chi connectivity index (χ2n) is 8.17. The van der Waals surface area contributed by atoms with Crippen LogP contribution in [0.1, 0.15) is 37.3 Å². The SMILES string of the molecule is C=C[SiH](C=C)C1(C(C=CC)(Cc2ccccc2)Cc2ccccc2)CCCCO1. The van der Waals surface area contributed by atoms with Gasteiger partial charge in [0.25, 0.3) is 0 Å². The molecule has 0 amide bonds. The molecule has 152 valence electrons. The minimum absolute atomic E-state index is 0.135. The van der Waals surface area contributed by atoms with Gasteiger partial charge in [0.15, 0.2) is 0 Å². The quantitative estimate of drug-likeness (QED) is 0.359. The zero-order chi connectivity index (χ0) is 20.6. The molecule has 1 aliphatic heterocycles. The van der Waals surface area contributed by atoms with Crippen LogP contribution in [0.4, 0.5) is 0 Å². The highest BCUT2D eigenvalue weighted by Gasteiger charge is 2.54. The van der Waals surface area contributed by atoms with Gasteiger partial charge in [-0.2, -0.15) is 0 Å². The van der Waals surface area contributed by atoms with Crippen LogP contribution in [0.3, 0.4) is 0 Å². The second kappa shape index (κ2) is 10.0. The molecule has 0 spiro atoms. The fourth-order valence-corrected chi connectivity index (χ4v) is 7.91. The van der Waals surface area contributed by atoms with Gasteiger partial charge in [-0.1, -0.05) is 84.2 Å². The summed E-state index contributed by atoms with van der Waals surface area (Å²) in [5.74, 6) is 0. The molecule has 2 heteroatoms. The normalized spacial score (nSPS) is 20.1. The van der Waals surface area contributed by atoms with E-state index in [1.54, 1.807) is 0 Å². The zero-order valence-corrected chi connectivity index (χ0v) is 18.9. The van der Waals surface area contributed by atoms with Crippen molar-refractivity contribution in [1.29, 1.82) is 0 Å². The molecule has 0 saturated carbocycles. The molecule has 1 aliphatic rings. The highest BCUT2D eigenvalue weighted by Crippen LogP contribution is 2.49. The lowest BCUT2D eigenvalue weighted by molar-refractivity contribution is -0.0886. The van der Waals surface area contributed by atoms with Crippen molar-refractivity contribution >= 4 is 8.80 Å². The van der Waals surface area contributed by atoms with Crippen LogP contribution >= 0.6 is 0 Å². The van der Waals surface area contributed by atoms with E-state index in [0.29, 0.717) is 0 Å². The van der Waals surface area contributed by atoms with Crippen molar-refractivity contribution in [3.05, 3.63) is 108 Å². The van der Waals surface area contributed by atoms with Crippen molar-refractivity contribution in [2.24, 2.45) is 5.41 Å². The number of hydrogen-bond donors (Lipinski definition) is 0. The summed E-state index contributed by atoms with van der Waals surface area (Å²) in [4.78, 5) is 0. The minimum atomic E-state index is -1.59.